The summed E-state index contributed by atoms with van der Waals surface area (Å²) in [5.74, 6) is -0.638. The van der Waals surface area contributed by atoms with Crippen LogP contribution in [-0.4, -0.2) is 30.8 Å². The number of halogens is 1. The van der Waals surface area contributed by atoms with E-state index in [1.165, 1.54) is 6.07 Å². The van der Waals surface area contributed by atoms with Crippen LogP contribution in [0.1, 0.15) is 57.5 Å². The molecule has 0 spiro atoms. The summed E-state index contributed by atoms with van der Waals surface area (Å²) in [4.78, 5) is 12.2. The van der Waals surface area contributed by atoms with Gasteiger partial charge in [-0.25, -0.2) is 4.39 Å². The average Bonchev–Trinajstić information content (AvgIpc) is 2.64. The van der Waals surface area contributed by atoms with Gasteiger partial charge < -0.3 is 14.6 Å². The first-order chi connectivity index (χ1) is 10.9. The summed E-state index contributed by atoms with van der Waals surface area (Å²) in [6.45, 7) is 14.0. The number of carbonyl (C=O) groups excluding carboxylic acids is 1. The van der Waals surface area contributed by atoms with Crippen LogP contribution in [0.15, 0.2) is 12.1 Å². The van der Waals surface area contributed by atoms with Gasteiger partial charge in [-0.15, -0.1) is 0 Å². The van der Waals surface area contributed by atoms with Gasteiger partial charge in [0.25, 0.3) is 5.91 Å². The third-order valence-corrected chi connectivity index (χ3v) is 4.73. The molecule has 24 heavy (non-hydrogen) atoms. The zero-order chi connectivity index (χ0) is 18.3. The van der Waals surface area contributed by atoms with Gasteiger partial charge in [0.1, 0.15) is 5.82 Å². The smallest absolute Gasteiger partial charge is 0.399 e. The highest BCUT2D eigenvalue weighted by Gasteiger charge is 2.51. The zero-order valence-corrected chi connectivity index (χ0v) is 15.6. The van der Waals surface area contributed by atoms with Crippen LogP contribution in [0.25, 0.3) is 0 Å². The SMILES string of the molecule is Cc1cc(B2OC(C)(C)C(C)(C)O2)cc(F)c1C(=O)NCC(C)C. The van der Waals surface area contributed by atoms with E-state index in [4.69, 9.17) is 9.31 Å². The third-order valence-electron chi connectivity index (χ3n) is 4.73. The molecule has 0 aliphatic carbocycles. The lowest BCUT2D eigenvalue weighted by molar-refractivity contribution is 0.00578. The predicted molar refractivity (Wildman–Crippen MR) is 94.0 cm³/mol. The monoisotopic (exact) mass is 335 g/mol. The van der Waals surface area contributed by atoms with Crippen molar-refractivity contribution in [3.8, 4) is 0 Å². The Hall–Kier alpha value is -1.40. The topological polar surface area (TPSA) is 47.6 Å². The number of aryl methyl sites for hydroxylation is 1. The van der Waals surface area contributed by atoms with Gasteiger partial charge in [-0.1, -0.05) is 19.9 Å². The summed E-state index contributed by atoms with van der Waals surface area (Å²) >= 11 is 0. The molecular weight excluding hydrogens is 308 g/mol. The molecule has 6 heteroatoms. The highest BCUT2D eigenvalue weighted by atomic mass is 19.1. The molecular formula is C18H27BFNO3. The maximum atomic E-state index is 14.6. The fourth-order valence-corrected chi connectivity index (χ4v) is 2.56. The van der Waals surface area contributed by atoms with Crippen molar-refractivity contribution in [3.05, 3.63) is 29.1 Å². The zero-order valence-electron chi connectivity index (χ0n) is 15.6. The molecule has 0 atom stereocenters. The predicted octanol–water partition coefficient (Wildman–Crippen LogP) is 2.82. The second kappa shape index (κ2) is 6.49. The molecule has 1 aromatic carbocycles. The summed E-state index contributed by atoms with van der Waals surface area (Å²) in [6, 6.07) is 3.09. The van der Waals surface area contributed by atoms with E-state index >= 15 is 0 Å². The fourth-order valence-electron chi connectivity index (χ4n) is 2.56. The van der Waals surface area contributed by atoms with Gasteiger partial charge in [0.05, 0.1) is 16.8 Å². The number of carbonyl (C=O) groups is 1. The van der Waals surface area contributed by atoms with Crippen molar-refractivity contribution in [1.29, 1.82) is 0 Å². The first-order valence-electron chi connectivity index (χ1n) is 8.38. The molecule has 1 N–H and O–H groups in total. The van der Waals surface area contributed by atoms with Crippen LogP contribution < -0.4 is 10.8 Å². The highest BCUT2D eigenvalue weighted by molar-refractivity contribution is 6.62. The fraction of sp³-hybridized carbons (Fsp3) is 0.611. The first kappa shape index (κ1) is 18.9. The van der Waals surface area contributed by atoms with Crippen LogP contribution in [0.5, 0.6) is 0 Å². The van der Waals surface area contributed by atoms with E-state index in [9.17, 15) is 9.18 Å². The van der Waals surface area contributed by atoms with Crippen molar-refractivity contribution in [2.24, 2.45) is 5.92 Å². The Morgan fingerprint density at radius 2 is 1.75 bits per heavy atom. The summed E-state index contributed by atoms with van der Waals surface area (Å²) in [7, 11) is -0.643. The Morgan fingerprint density at radius 1 is 1.21 bits per heavy atom. The van der Waals surface area contributed by atoms with Gasteiger partial charge in [0, 0.05) is 6.54 Å². The van der Waals surface area contributed by atoms with Crippen molar-refractivity contribution < 1.29 is 18.5 Å². The molecule has 1 amide bonds. The molecule has 0 aromatic heterocycles. The number of nitrogens with one attached hydrogen (secondary N) is 1. The molecule has 0 bridgehead atoms. The Balaban J connectivity index is 2.26. The van der Waals surface area contributed by atoms with Crippen LogP contribution >= 0.6 is 0 Å². The minimum absolute atomic E-state index is 0.0796. The Bertz CT molecular complexity index is 604. The van der Waals surface area contributed by atoms with Crippen molar-refractivity contribution in [3.63, 3.8) is 0 Å². The Kier molecular flexibility index (Phi) is 5.12. The molecule has 1 fully saturated rings. The Labute approximate surface area is 144 Å². The number of hydrogen-bond acceptors (Lipinski definition) is 3. The number of amides is 1. The van der Waals surface area contributed by atoms with Crippen molar-refractivity contribution >= 4 is 18.5 Å². The van der Waals surface area contributed by atoms with Crippen molar-refractivity contribution in [2.75, 3.05) is 6.54 Å². The molecule has 1 aliphatic heterocycles. The second-order valence-corrected chi connectivity index (χ2v) is 7.89. The minimum Gasteiger partial charge on any atom is -0.399 e. The number of benzene rings is 1. The third kappa shape index (κ3) is 3.65. The molecule has 132 valence electrons. The van der Waals surface area contributed by atoms with E-state index in [2.05, 4.69) is 5.32 Å². The Morgan fingerprint density at radius 3 is 2.21 bits per heavy atom. The van der Waals surface area contributed by atoms with Gasteiger partial charge >= 0.3 is 7.12 Å². The van der Waals surface area contributed by atoms with Gasteiger partial charge in [0.2, 0.25) is 0 Å². The lowest BCUT2D eigenvalue weighted by atomic mass is 9.77. The molecule has 1 aliphatic rings. The molecule has 0 radical (unpaired) electrons. The van der Waals surface area contributed by atoms with E-state index in [-0.39, 0.29) is 11.5 Å². The number of rotatable bonds is 4. The molecule has 1 aromatic rings. The summed E-state index contributed by atoms with van der Waals surface area (Å²) in [6.07, 6.45) is 0. The van der Waals surface area contributed by atoms with Crippen LogP contribution in [0, 0.1) is 18.7 Å². The van der Waals surface area contributed by atoms with E-state index in [1.807, 2.05) is 41.5 Å². The van der Waals surface area contributed by atoms with Crippen molar-refractivity contribution in [1.82, 2.24) is 5.32 Å². The van der Waals surface area contributed by atoms with Crippen molar-refractivity contribution in [2.45, 2.75) is 59.7 Å². The quantitative estimate of drug-likeness (QED) is 0.861. The van der Waals surface area contributed by atoms with Crippen LogP contribution in [-0.2, 0) is 9.31 Å². The lowest BCUT2D eigenvalue weighted by Crippen LogP contribution is -2.41. The maximum Gasteiger partial charge on any atom is 0.494 e. The normalized spacial score (nSPS) is 19.0. The molecule has 1 saturated heterocycles. The molecule has 2 rings (SSSR count). The molecule has 0 unspecified atom stereocenters. The maximum absolute atomic E-state index is 14.6. The van der Waals surface area contributed by atoms with Crippen LogP contribution in [0.3, 0.4) is 0 Å². The largest absolute Gasteiger partial charge is 0.494 e. The van der Waals surface area contributed by atoms with Gasteiger partial charge in [-0.2, -0.15) is 0 Å². The van der Waals surface area contributed by atoms with E-state index < -0.39 is 24.1 Å². The molecule has 4 nitrogen and oxygen atoms in total. The summed E-state index contributed by atoms with van der Waals surface area (Å²) in [5.41, 5.74) is 0.256. The van der Waals surface area contributed by atoms with E-state index in [0.29, 0.717) is 23.5 Å². The molecule has 0 saturated carbocycles. The van der Waals surface area contributed by atoms with Gasteiger partial charge in [-0.3, -0.25) is 4.79 Å². The summed E-state index contributed by atoms with van der Waals surface area (Å²) < 4.78 is 26.5. The van der Waals surface area contributed by atoms with E-state index in [1.54, 1.807) is 13.0 Å². The van der Waals surface area contributed by atoms with Gasteiger partial charge in [0.15, 0.2) is 0 Å². The minimum atomic E-state index is -0.643. The van der Waals surface area contributed by atoms with Crippen LogP contribution in [0.4, 0.5) is 4.39 Å². The van der Waals surface area contributed by atoms with Gasteiger partial charge in [-0.05, 0) is 57.6 Å². The second-order valence-electron chi connectivity index (χ2n) is 7.89. The number of hydrogen-bond donors (Lipinski definition) is 1. The lowest BCUT2D eigenvalue weighted by Gasteiger charge is -2.32. The summed E-state index contributed by atoms with van der Waals surface area (Å²) in [5, 5.41) is 2.75. The van der Waals surface area contributed by atoms with Crippen LogP contribution in [0.2, 0.25) is 0 Å². The van der Waals surface area contributed by atoms with E-state index in [0.717, 1.165) is 0 Å². The average molecular weight is 335 g/mol. The molecule has 1 heterocycles. The highest BCUT2D eigenvalue weighted by Crippen LogP contribution is 2.36. The first-order valence-corrected chi connectivity index (χ1v) is 8.38. The standard InChI is InChI=1S/C18H27BFNO3/c1-11(2)10-21-16(22)15-12(3)8-13(9-14(15)20)19-23-17(4,5)18(6,7)24-19/h8-9,11H,10H2,1-7H3,(H,21,22).